The Morgan fingerprint density at radius 1 is 1.46 bits per heavy atom. The van der Waals surface area contributed by atoms with Crippen molar-refractivity contribution in [2.75, 3.05) is 12.8 Å². The number of ketones is 1. The molecule has 1 unspecified atom stereocenters. The number of amides is 1. The van der Waals surface area contributed by atoms with Crippen molar-refractivity contribution in [3.05, 3.63) is 0 Å². The van der Waals surface area contributed by atoms with E-state index in [-0.39, 0.29) is 18.1 Å². The summed E-state index contributed by atoms with van der Waals surface area (Å²) in [4.78, 5) is 21.5. The van der Waals surface area contributed by atoms with E-state index in [1.165, 1.54) is 6.92 Å². The molecule has 1 atom stereocenters. The Labute approximate surface area is 83.7 Å². The van der Waals surface area contributed by atoms with Gasteiger partial charge in [-0.15, -0.1) is 0 Å². The van der Waals surface area contributed by atoms with Gasteiger partial charge in [-0.05, 0) is 19.6 Å². The standard InChI is InChI=1S/C9H17NO2S/c1-7(11)6-9(12)10-5-4-8(2)13-3/h8H,4-6H2,1-3H3,(H,10,12). The highest BCUT2D eigenvalue weighted by atomic mass is 32.2. The van der Waals surface area contributed by atoms with E-state index in [1.54, 1.807) is 11.8 Å². The molecule has 76 valence electrons. The first-order valence-corrected chi connectivity index (χ1v) is 5.64. The number of hydrogen-bond acceptors (Lipinski definition) is 3. The molecular formula is C9H17NO2S. The average molecular weight is 203 g/mol. The molecule has 0 saturated carbocycles. The number of nitrogens with one attached hydrogen (secondary N) is 1. The molecule has 1 amide bonds. The molecule has 1 N–H and O–H groups in total. The van der Waals surface area contributed by atoms with Crippen molar-refractivity contribution in [2.24, 2.45) is 0 Å². The molecule has 3 nitrogen and oxygen atoms in total. The minimum atomic E-state index is -0.166. The Hall–Kier alpha value is -0.510. The third-order valence-corrected chi connectivity index (χ3v) is 2.73. The van der Waals surface area contributed by atoms with Gasteiger partial charge in [0.2, 0.25) is 5.91 Å². The van der Waals surface area contributed by atoms with E-state index in [0.717, 1.165) is 6.42 Å². The smallest absolute Gasteiger partial charge is 0.227 e. The van der Waals surface area contributed by atoms with Crippen LogP contribution < -0.4 is 5.32 Å². The molecule has 0 bridgehead atoms. The topological polar surface area (TPSA) is 46.2 Å². The van der Waals surface area contributed by atoms with Gasteiger partial charge in [-0.2, -0.15) is 11.8 Å². The van der Waals surface area contributed by atoms with Crippen LogP contribution >= 0.6 is 11.8 Å². The van der Waals surface area contributed by atoms with E-state index in [0.29, 0.717) is 11.8 Å². The van der Waals surface area contributed by atoms with Gasteiger partial charge in [-0.3, -0.25) is 9.59 Å². The fraction of sp³-hybridized carbons (Fsp3) is 0.778. The molecule has 0 aromatic rings. The molecule has 13 heavy (non-hydrogen) atoms. The Morgan fingerprint density at radius 2 is 2.08 bits per heavy atom. The number of carbonyl (C=O) groups excluding carboxylic acids is 2. The first kappa shape index (κ1) is 12.5. The lowest BCUT2D eigenvalue weighted by Crippen LogP contribution is -2.27. The van der Waals surface area contributed by atoms with E-state index in [1.807, 2.05) is 6.26 Å². The molecule has 0 aliphatic rings. The summed E-state index contributed by atoms with van der Waals surface area (Å²) in [7, 11) is 0. The number of Topliss-reactive ketones (excluding diaryl/α,β-unsaturated/α-hetero) is 1. The van der Waals surface area contributed by atoms with Crippen LogP contribution in [-0.4, -0.2) is 29.7 Å². The van der Waals surface area contributed by atoms with Crippen molar-refractivity contribution in [3.63, 3.8) is 0 Å². The van der Waals surface area contributed by atoms with Crippen LogP contribution in [0.4, 0.5) is 0 Å². The molecule has 0 radical (unpaired) electrons. The second kappa shape index (κ2) is 6.95. The number of rotatable bonds is 6. The average Bonchev–Trinajstić information content (AvgIpc) is 2.02. The van der Waals surface area contributed by atoms with E-state index < -0.39 is 0 Å². The minimum Gasteiger partial charge on any atom is -0.356 e. The third kappa shape index (κ3) is 7.84. The largest absolute Gasteiger partial charge is 0.356 e. The number of hydrogen-bond donors (Lipinski definition) is 1. The lowest BCUT2D eigenvalue weighted by molar-refractivity contribution is -0.127. The summed E-state index contributed by atoms with van der Waals surface area (Å²) in [5.74, 6) is -0.254. The highest BCUT2D eigenvalue weighted by Gasteiger charge is 2.04. The van der Waals surface area contributed by atoms with E-state index in [2.05, 4.69) is 12.2 Å². The van der Waals surface area contributed by atoms with Crippen molar-refractivity contribution in [1.29, 1.82) is 0 Å². The molecular weight excluding hydrogens is 186 g/mol. The summed E-state index contributed by atoms with van der Waals surface area (Å²) in [6, 6.07) is 0. The van der Waals surface area contributed by atoms with Gasteiger partial charge in [0.05, 0.1) is 6.42 Å². The van der Waals surface area contributed by atoms with Crippen molar-refractivity contribution >= 4 is 23.5 Å². The summed E-state index contributed by atoms with van der Waals surface area (Å²) in [6.45, 7) is 4.19. The van der Waals surface area contributed by atoms with Gasteiger partial charge >= 0.3 is 0 Å². The Kier molecular flexibility index (Phi) is 6.68. The van der Waals surface area contributed by atoms with Gasteiger partial charge < -0.3 is 5.32 Å². The quantitative estimate of drug-likeness (QED) is 0.660. The molecule has 0 spiro atoms. The zero-order valence-corrected chi connectivity index (χ0v) is 9.24. The highest BCUT2D eigenvalue weighted by molar-refractivity contribution is 7.99. The molecule has 4 heteroatoms. The lowest BCUT2D eigenvalue weighted by Gasteiger charge is -2.08. The molecule has 0 fully saturated rings. The Balaban J connectivity index is 3.42. The van der Waals surface area contributed by atoms with Crippen LogP contribution in [0.15, 0.2) is 0 Å². The van der Waals surface area contributed by atoms with Gasteiger partial charge in [-0.25, -0.2) is 0 Å². The molecule has 0 aliphatic heterocycles. The molecule has 0 aromatic heterocycles. The summed E-state index contributed by atoms with van der Waals surface area (Å²) in [5, 5.41) is 3.26. The van der Waals surface area contributed by atoms with Gasteiger partial charge in [0.25, 0.3) is 0 Å². The van der Waals surface area contributed by atoms with Crippen molar-refractivity contribution in [1.82, 2.24) is 5.32 Å². The van der Waals surface area contributed by atoms with Crippen molar-refractivity contribution < 1.29 is 9.59 Å². The lowest BCUT2D eigenvalue weighted by atomic mass is 10.3. The molecule has 0 heterocycles. The predicted octanol–water partition coefficient (Wildman–Crippen LogP) is 1.22. The van der Waals surface area contributed by atoms with Crippen molar-refractivity contribution in [3.8, 4) is 0 Å². The number of thioether (sulfide) groups is 1. The Bertz CT molecular complexity index is 182. The van der Waals surface area contributed by atoms with Gasteiger partial charge in [-0.1, -0.05) is 6.92 Å². The summed E-state index contributed by atoms with van der Waals surface area (Å²) >= 11 is 1.77. The monoisotopic (exact) mass is 203 g/mol. The second-order valence-corrected chi connectivity index (χ2v) is 4.34. The first-order valence-electron chi connectivity index (χ1n) is 4.35. The SMILES string of the molecule is CSC(C)CCNC(=O)CC(C)=O. The van der Waals surface area contributed by atoms with E-state index in [4.69, 9.17) is 0 Å². The normalized spacial score (nSPS) is 12.2. The highest BCUT2D eigenvalue weighted by Crippen LogP contribution is 2.07. The van der Waals surface area contributed by atoms with E-state index >= 15 is 0 Å². The van der Waals surface area contributed by atoms with Crippen LogP contribution in [0, 0.1) is 0 Å². The zero-order chi connectivity index (χ0) is 10.3. The summed E-state index contributed by atoms with van der Waals surface area (Å²) in [6.07, 6.45) is 3.00. The fourth-order valence-electron chi connectivity index (χ4n) is 0.821. The zero-order valence-electron chi connectivity index (χ0n) is 8.42. The van der Waals surface area contributed by atoms with Gasteiger partial charge in [0, 0.05) is 11.8 Å². The molecule has 0 aliphatic carbocycles. The van der Waals surface area contributed by atoms with Crippen molar-refractivity contribution in [2.45, 2.75) is 31.9 Å². The molecule has 0 rings (SSSR count). The molecule has 0 aromatic carbocycles. The van der Waals surface area contributed by atoms with Crippen LogP contribution in [-0.2, 0) is 9.59 Å². The van der Waals surface area contributed by atoms with Crippen LogP contribution in [0.25, 0.3) is 0 Å². The maximum Gasteiger partial charge on any atom is 0.227 e. The second-order valence-electron chi connectivity index (χ2n) is 3.06. The van der Waals surface area contributed by atoms with Crippen LogP contribution in [0.5, 0.6) is 0 Å². The van der Waals surface area contributed by atoms with Crippen LogP contribution in [0.2, 0.25) is 0 Å². The van der Waals surface area contributed by atoms with Gasteiger partial charge in [0.15, 0.2) is 0 Å². The van der Waals surface area contributed by atoms with Crippen LogP contribution in [0.3, 0.4) is 0 Å². The maximum atomic E-state index is 11.0. The maximum absolute atomic E-state index is 11.0. The minimum absolute atomic E-state index is 0.00759. The predicted molar refractivity (Wildman–Crippen MR) is 55.9 cm³/mol. The fourth-order valence-corrected chi connectivity index (χ4v) is 1.17. The van der Waals surface area contributed by atoms with Gasteiger partial charge in [0.1, 0.15) is 5.78 Å². The summed E-state index contributed by atoms with van der Waals surface area (Å²) < 4.78 is 0. The van der Waals surface area contributed by atoms with E-state index in [9.17, 15) is 9.59 Å². The third-order valence-electron chi connectivity index (χ3n) is 1.68. The molecule has 0 saturated heterocycles. The Morgan fingerprint density at radius 3 is 2.54 bits per heavy atom. The summed E-state index contributed by atoms with van der Waals surface area (Å²) in [5.41, 5.74) is 0. The first-order chi connectivity index (χ1) is 6.06. The number of carbonyl (C=O) groups is 2. The van der Waals surface area contributed by atoms with Crippen LogP contribution in [0.1, 0.15) is 26.7 Å².